The highest BCUT2D eigenvalue weighted by molar-refractivity contribution is 9.10. The van der Waals surface area contributed by atoms with E-state index in [4.69, 9.17) is 0 Å². The molecule has 2 N–H and O–H groups in total. The fraction of sp³-hybridized carbons (Fsp3) is 0.143. The first-order chi connectivity index (χ1) is 11.2. The van der Waals surface area contributed by atoms with Crippen molar-refractivity contribution in [2.45, 2.75) is 10.4 Å². The Bertz CT molecular complexity index is 760. The number of nitrogens with one attached hydrogen (secondary N) is 2. The number of carbonyl (C=O) groups is 2. The Morgan fingerprint density at radius 3 is 2.21 bits per heavy atom. The SMILES string of the molecule is Cn1cc(Br)cc1C(=O)NNC(=O)c1ccc(SC(F)(F)F)cc1. The summed E-state index contributed by atoms with van der Waals surface area (Å²) in [6.07, 6.45) is 1.67. The third-order valence-corrected chi connectivity index (χ3v) is 4.02. The van der Waals surface area contributed by atoms with E-state index in [9.17, 15) is 22.8 Å². The van der Waals surface area contributed by atoms with Crippen molar-refractivity contribution in [2.75, 3.05) is 0 Å². The second-order valence-corrected chi connectivity index (χ2v) is 6.69. The summed E-state index contributed by atoms with van der Waals surface area (Å²) < 4.78 is 39.0. The molecule has 1 aromatic carbocycles. The Morgan fingerprint density at radius 2 is 1.71 bits per heavy atom. The van der Waals surface area contributed by atoms with Gasteiger partial charge in [0.25, 0.3) is 11.8 Å². The van der Waals surface area contributed by atoms with Crippen LogP contribution in [0.1, 0.15) is 20.8 Å². The first-order valence-electron chi connectivity index (χ1n) is 6.44. The fourth-order valence-electron chi connectivity index (χ4n) is 1.81. The molecule has 0 fully saturated rings. The van der Waals surface area contributed by atoms with Crippen LogP contribution >= 0.6 is 27.7 Å². The first kappa shape index (κ1) is 18.4. The number of amides is 2. The van der Waals surface area contributed by atoms with Crippen LogP contribution < -0.4 is 10.9 Å². The van der Waals surface area contributed by atoms with Gasteiger partial charge in [-0.05, 0) is 58.0 Å². The summed E-state index contributed by atoms with van der Waals surface area (Å²) in [7, 11) is 1.67. The van der Waals surface area contributed by atoms with Gasteiger partial charge in [-0.2, -0.15) is 13.2 Å². The monoisotopic (exact) mass is 421 g/mol. The molecule has 0 saturated carbocycles. The van der Waals surface area contributed by atoms with Crippen LogP contribution in [0.2, 0.25) is 0 Å². The number of hydrogen-bond donors (Lipinski definition) is 2. The number of aromatic nitrogens is 1. The van der Waals surface area contributed by atoms with Crippen LogP contribution in [0, 0.1) is 0 Å². The van der Waals surface area contributed by atoms with Crippen LogP contribution in [0.25, 0.3) is 0 Å². The number of carbonyl (C=O) groups excluding carboxylic acids is 2. The maximum atomic E-state index is 12.2. The number of nitrogens with zero attached hydrogens (tertiary/aromatic N) is 1. The molecule has 1 heterocycles. The third kappa shape index (κ3) is 5.03. The lowest BCUT2D eigenvalue weighted by atomic mass is 10.2. The number of rotatable bonds is 3. The van der Waals surface area contributed by atoms with Crippen LogP contribution in [0.5, 0.6) is 0 Å². The maximum Gasteiger partial charge on any atom is 0.446 e. The lowest BCUT2D eigenvalue weighted by Crippen LogP contribution is -2.42. The lowest BCUT2D eigenvalue weighted by Gasteiger charge is -2.09. The second-order valence-electron chi connectivity index (χ2n) is 4.63. The zero-order valence-electron chi connectivity index (χ0n) is 12.1. The summed E-state index contributed by atoms with van der Waals surface area (Å²) in [6, 6.07) is 6.43. The normalized spacial score (nSPS) is 11.2. The number of hydrazine groups is 1. The van der Waals surface area contributed by atoms with Gasteiger partial charge in [-0.25, -0.2) is 0 Å². The molecule has 10 heteroatoms. The minimum Gasteiger partial charge on any atom is -0.345 e. The number of thioether (sulfide) groups is 1. The lowest BCUT2D eigenvalue weighted by molar-refractivity contribution is -0.0328. The molecule has 0 spiro atoms. The van der Waals surface area contributed by atoms with Gasteiger partial charge in [0.05, 0.1) is 0 Å². The van der Waals surface area contributed by atoms with Gasteiger partial charge < -0.3 is 4.57 Å². The molecule has 2 rings (SSSR count). The maximum absolute atomic E-state index is 12.2. The van der Waals surface area contributed by atoms with Crippen molar-refractivity contribution in [1.82, 2.24) is 15.4 Å². The van der Waals surface area contributed by atoms with Gasteiger partial charge in [0, 0.05) is 28.2 Å². The van der Waals surface area contributed by atoms with Crippen LogP contribution in [-0.2, 0) is 7.05 Å². The summed E-state index contributed by atoms with van der Waals surface area (Å²) >= 11 is 2.96. The third-order valence-electron chi connectivity index (χ3n) is 2.84. The van der Waals surface area contributed by atoms with Crippen LogP contribution in [0.4, 0.5) is 13.2 Å². The van der Waals surface area contributed by atoms with Gasteiger partial charge in [0.2, 0.25) is 0 Å². The standard InChI is InChI=1S/C14H11BrF3N3O2S/c1-21-7-9(15)6-11(21)13(23)20-19-12(22)8-2-4-10(5-3-8)24-14(16,17)18/h2-7H,1H3,(H,19,22)(H,20,23). The molecule has 0 unspecified atom stereocenters. The minimum absolute atomic E-state index is 0.0308. The Balaban J connectivity index is 1.95. The molecule has 2 amide bonds. The van der Waals surface area contributed by atoms with E-state index >= 15 is 0 Å². The van der Waals surface area contributed by atoms with Crippen molar-refractivity contribution >= 4 is 39.5 Å². The van der Waals surface area contributed by atoms with Crippen LogP contribution in [-0.4, -0.2) is 21.9 Å². The summed E-state index contributed by atoms with van der Waals surface area (Å²) in [6.45, 7) is 0. The molecule has 2 aromatic rings. The van der Waals surface area contributed by atoms with E-state index in [1.54, 1.807) is 23.9 Å². The first-order valence-corrected chi connectivity index (χ1v) is 8.05. The van der Waals surface area contributed by atoms with E-state index in [2.05, 4.69) is 26.8 Å². The number of benzene rings is 1. The Kier molecular flexibility index (Phi) is 5.60. The zero-order chi connectivity index (χ0) is 17.9. The molecule has 0 radical (unpaired) electrons. The molecule has 0 aliphatic carbocycles. The predicted molar refractivity (Wildman–Crippen MR) is 86.4 cm³/mol. The zero-order valence-corrected chi connectivity index (χ0v) is 14.6. The van der Waals surface area contributed by atoms with Gasteiger partial charge in [-0.15, -0.1) is 0 Å². The molecule has 0 bridgehead atoms. The van der Waals surface area contributed by atoms with Crippen LogP contribution in [0.15, 0.2) is 45.9 Å². The highest BCUT2D eigenvalue weighted by Gasteiger charge is 2.29. The average Bonchev–Trinajstić information content (AvgIpc) is 2.82. The summed E-state index contributed by atoms with van der Waals surface area (Å²) in [5.41, 5.74) is 0.495. The molecule has 128 valence electrons. The minimum atomic E-state index is -4.39. The highest BCUT2D eigenvalue weighted by Crippen LogP contribution is 2.36. The number of alkyl halides is 3. The molecular formula is C14H11BrF3N3O2S. The van der Waals surface area contributed by atoms with Crippen molar-refractivity contribution in [3.8, 4) is 0 Å². The molecule has 1 aromatic heterocycles. The average molecular weight is 422 g/mol. The molecule has 5 nitrogen and oxygen atoms in total. The highest BCUT2D eigenvalue weighted by atomic mass is 79.9. The molecule has 0 aliphatic rings. The Hall–Kier alpha value is -1.94. The summed E-state index contributed by atoms with van der Waals surface area (Å²) in [5, 5.41) is 0. The topological polar surface area (TPSA) is 63.1 Å². The van der Waals surface area contributed by atoms with Crippen molar-refractivity contribution in [1.29, 1.82) is 0 Å². The predicted octanol–water partition coefficient (Wildman–Crippen LogP) is 3.47. The van der Waals surface area contributed by atoms with E-state index in [-0.39, 0.29) is 22.2 Å². The van der Waals surface area contributed by atoms with Crippen LogP contribution in [0.3, 0.4) is 0 Å². The van der Waals surface area contributed by atoms with Crippen molar-refractivity contribution in [2.24, 2.45) is 7.05 Å². The van der Waals surface area contributed by atoms with Gasteiger partial charge in [-0.3, -0.25) is 20.4 Å². The molecule has 0 aliphatic heterocycles. The van der Waals surface area contributed by atoms with E-state index in [0.29, 0.717) is 10.2 Å². The van der Waals surface area contributed by atoms with Crippen molar-refractivity contribution in [3.05, 3.63) is 52.3 Å². The Labute approximate surface area is 147 Å². The Morgan fingerprint density at radius 1 is 1.12 bits per heavy atom. The van der Waals surface area contributed by atoms with Crippen molar-refractivity contribution < 1.29 is 22.8 Å². The molecule has 0 saturated heterocycles. The quantitative estimate of drug-likeness (QED) is 0.588. The largest absolute Gasteiger partial charge is 0.446 e. The van der Waals surface area contributed by atoms with E-state index in [1.807, 2.05) is 0 Å². The van der Waals surface area contributed by atoms with E-state index in [0.717, 1.165) is 0 Å². The molecule has 0 atom stereocenters. The molecule has 24 heavy (non-hydrogen) atoms. The van der Waals surface area contributed by atoms with Gasteiger partial charge in [-0.1, -0.05) is 0 Å². The number of halogens is 4. The van der Waals surface area contributed by atoms with E-state index in [1.165, 1.54) is 24.3 Å². The van der Waals surface area contributed by atoms with Crippen molar-refractivity contribution in [3.63, 3.8) is 0 Å². The molecular weight excluding hydrogens is 411 g/mol. The van der Waals surface area contributed by atoms with E-state index < -0.39 is 17.3 Å². The van der Waals surface area contributed by atoms with Gasteiger partial charge >= 0.3 is 5.51 Å². The summed E-state index contributed by atoms with van der Waals surface area (Å²) in [4.78, 5) is 23.8. The number of aryl methyl sites for hydroxylation is 1. The summed E-state index contributed by atoms with van der Waals surface area (Å²) in [5.74, 6) is -1.17. The van der Waals surface area contributed by atoms with Gasteiger partial charge in [0.1, 0.15) is 5.69 Å². The smallest absolute Gasteiger partial charge is 0.345 e. The second kappa shape index (κ2) is 7.31. The van der Waals surface area contributed by atoms with Gasteiger partial charge in [0.15, 0.2) is 0 Å². The fourth-order valence-corrected chi connectivity index (χ4v) is 2.87. The number of hydrogen-bond acceptors (Lipinski definition) is 3.